The third-order valence-corrected chi connectivity index (χ3v) is 6.58. The van der Waals surface area contributed by atoms with E-state index < -0.39 is 34.0 Å². The number of carbonyl (C=O) groups excluding carboxylic acids is 1. The first-order valence-corrected chi connectivity index (χ1v) is 13.9. The number of nitrogens with zero attached hydrogens (tertiary/aromatic N) is 1. The molecular weight excluding hydrogens is 598 g/mol. The number of benzene rings is 4. The second-order valence-electron chi connectivity index (χ2n) is 10.9. The lowest BCUT2D eigenvalue weighted by atomic mass is 9.96. The van der Waals surface area contributed by atoms with Crippen molar-refractivity contribution in [2.45, 2.75) is 20.5 Å². The van der Waals surface area contributed by atoms with Gasteiger partial charge in [0.25, 0.3) is 11.6 Å². The van der Waals surface area contributed by atoms with Crippen molar-refractivity contribution in [3.8, 4) is 11.5 Å². The Labute approximate surface area is 263 Å². The molecule has 0 aromatic heterocycles. The molecule has 0 spiro atoms. The number of anilines is 2. The molecule has 4 aromatic rings. The van der Waals surface area contributed by atoms with Gasteiger partial charge in [-0.05, 0) is 66.2 Å². The fraction of sp³-hybridized carbons (Fsp3) is 0.182. The van der Waals surface area contributed by atoms with Crippen LogP contribution in [0, 0.1) is 15.5 Å². The zero-order valence-corrected chi connectivity index (χ0v) is 24.9. The van der Waals surface area contributed by atoms with Crippen molar-refractivity contribution in [3.63, 3.8) is 0 Å². The van der Waals surface area contributed by atoms with Gasteiger partial charge in [0.05, 0.1) is 40.5 Å². The lowest BCUT2D eigenvalue weighted by molar-refractivity contribution is -0.384. The van der Waals surface area contributed by atoms with Crippen LogP contribution >= 0.6 is 0 Å². The molecule has 4 aromatic carbocycles. The minimum absolute atomic E-state index is 0.0715. The van der Waals surface area contributed by atoms with Crippen molar-refractivity contribution < 1.29 is 43.8 Å². The van der Waals surface area contributed by atoms with Crippen LogP contribution in [-0.2, 0) is 11.4 Å². The number of hydrogen-bond acceptors (Lipinski definition) is 9. The fourth-order valence-electron chi connectivity index (χ4n) is 4.12. The highest BCUT2D eigenvalue weighted by Gasteiger charge is 2.22. The lowest BCUT2D eigenvalue weighted by Crippen LogP contribution is -2.28. The number of nitro benzene ring substituents is 1. The molecule has 0 saturated heterocycles. The number of carbonyl (C=O) groups is 3. The molecule has 0 atom stereocenters. The number of aromatic carboxylic acids is 2. The van der Waals surface area contributed by atoms with Gasteiger partial charge in [0.2, 0.25) is 0 Å². The Balaban J connectivity index is 1.23. The zero-order valence-electron chi connectivity index (χ0n) is 24.9. The maximum absolute atomic E-state index is 12.7. The van der Waals surface area contributed by atoms with Crippen LogP contribution in [0.15, 0.2) is 91.0 Å². The number of hydrogen-bond donors (Lipinski definition) is 4. The Morgan fingerprint density at radius 2 is 1.33 bits per heavy atom. The average Bonchev–Trinajstić information content (AvgIpc) is 3.04. The van der Waals surface area contributed by atoms with Gasteiger partial charge in [-0.1, -0.05) is 32.0 Å². The Morgan fingerprint density at radius 3 is 1.89 bits per heavy atom. The molecule has 0 fully saturated rings. The predicted octanol–water partition coefficient (Wildman–Crippen LogP) is 6.27. The van der Waals surface area contributed by atoms with Crippen molar-refractivity contribution in [2.75, 3.05) is 24.0 Å². The van der Waals surface area contributed by atoms with E-state index in [2.05, 4.69) is 10.8 Å². The van der Waals surface area contributed by atoms with E-state index in [0.29, 0.717) is 41.7 Å². The molecule has 0 radical (unpaired) electrons. The normalized spacial score (nSPS) is 10.9. The fourth-order valence-corrected chi connectivity index (χ4v) is 4.12. The van der Waals surface area contributed by atoms with Gasteiger partial charge in [0, 0.05) is 23.2 Å². The molecule has 0 heterocycles. The summed E-state index contributed by atoms with van der Waals surface area (Å²) in [4.78, 5) is 51.3. The number of carboxylic acid groups (broad SMARTS) is 2. The summed E-state index contributed by atoms with van der Waals surface area (Å²) in [7, 11) is 0. The summed E-state index contributed by atoms with van der Waals surface area (Å²) >= 11 is 0. The molecule has 0 bridgehead atoms. The van der Waals surface area contributed by atoms with Crippen LogP contribution < -0.4 is 20.3 Å². The number of ether oxygens (including phenoxy) is 2. The van der Waals surface area contributed by atoms with Gasteiger partial charge in [-0.25, -0.2) is 9.59 Å². The van der Waals surface area contributed by atoms with Gasteiger partial charge >= 0.3 is 11.9 Å². The smallest absolute Gasteiger partial charge is 0.336 e. The van der Waals surface area contributed by atoms with E-state index in [-0.39, 0.29) is 23.1 Å². The van der Waals surface area contributed by atoms with Gasteiger partial charge in [-0.2, -0.15) is 0 Å². The number of rotatable bonds is 15. The number of carboxylic acids is 2. The molecule has 13 heteroatoms. The van der Waals surface area contributed by atoms with Crippen LogP contribution in [0.2, 0.25) is 0 Å². The van der Waals surface area contributed by atoms with Gasteiger partial charge in [-0.3, -0.25) is 25.2 Å². The summed E-state index contributed by atoms with van der Waals surface area (Å²) in [6.07, 6.45) is 0. The highest BCUT2D eigenvalue weighted by atomic mass is 16.6. The summed E-state index contributed by atoms with van der Waals surface area (Å²) in [6.45, 7) is 4.68. The maximum atomic E-state index is 12.7. The molecule has 0 aliphatic carbocycles. The van der Waals surface area contributed by atoms with Crippen LogP contribution in [0.3, 0.4) is 0 Å². The highest BCUT2D eigenvalue weighted by molar-refractivity contribution is 6.11. The monoisotopic (exact) mass is 629 g/mol. The standard InChI is InChI=1S/C33H31N3O10/c1-33(2,20-45-26-14-9-23(10-15-26)35-46-18-21-5-3-4-6-27(21)31(38)39)19-44-25-12-7-22(8-13-25)34-30(37)28-16-11-24(36(42)43)17-29(28)32(40)41/h3-17,35H,18-20H2,1-2H3,(H,34,37)(H,38,39)(H,40,41). The Morgan fingerprint density at radius 1 is 0.761 bits per heavy atom. The first-order valence-electron chi connectivity index (χ1n) is 13.9. The van der Waals surface area contributed by atoms with Crippen LogP contribution in [-0.4, -0.2) is 46.2 Å². The molecule has 4 rings (SSSR count). The second-order valence-corrected chi connectivity index (χ2v) is 10.9. The van der Waals surface area contributed by atoms with Crippen LogP contribution in [0.1, 0.15) is 50.5 Å². The topological polar surface area (TPSA) is 187 Å². The molecule has 13 nitrogen and oxygen atoms in total. The minimum Gasteiger partial charge on any atom is -0.493 e. The third kappa shape index (κ3) is 9.03. The molecule has 238 valence electrons. The second kappa shape index (κ2) is 14.7. The first kappa shape index (κ1) is 33.0. The third-order valence-electron chi connectivity index (χ3n) is 6.58. The SMILES string of the molecule is CC(C)(COc1ccc(NOCc2ccccc2C(=O)O)cc1)COc1ccc(NC(=O)c2ccc([N+](=O)[O-])cc2C(=O)O)cc1. The molecule has 4 N–H and O–H groups in total. The molecule has 46 heavy (non-hydrogen) atoms. The van der Waals surface area contributed by atoms with Crippen molar-refractivity contribution in [2.24, 2.45) is 5.41 Å². The summed E-state index contributed by atoms with van der Waals surface area (Å²) < 4.78 is 11.9. The quantitative estimate of drug-likeness (QED) is 0.0857. The van der Waals surface area contributed by atoms with E-state index in [1.54, 1.807) is 66.7 Å². The Hall–Kier alpha value is -5.95. The van der Waals surface area contributed by atoms with E-state index in [0.717, 1.165) is 18.2 Å². The number of nitro groups is 1. The van der Waals surface area contributed by atoms with E-state index in [1.165, 1.54) is 6.07 Å². The molecule has 1 amide bonds. The largest absolute Gasteiger partial charge is 0.493 e. The van der Waals surface area contributed by atoms with Gasteiger partial charge in [0.15, 0.2) is 0 Å². The first-order chi connectivity index (χ1) is 21.9. The number of non-ortho nitro benzene ring substituents is 1. The van der Waals surface area contributed by atoms with E-state index >= 15 is 0 Å². The van der Waals surface area contributed by atoms with Crippen LogP contribution in [0.4, 0.5) is 17.1 Å². The lowest BCUT2D eigenvalue weighted by Gasteiger charge is -2.25. The van der Waals surface area contributed by atoms with Crippen LogP contribution in [0.5, 0.6) is 11.5 Å². The summed E-state index contributed by atoms with van der Waals surface area (Å²) in [5.74, 6) is -2.03. The zero-order chi connectivity index (χ0) is 33.3. The highest BCUT2D eigenvalue weighted by Crippen LogP contribution is 2.25. The molecule has 0 unspecified atom stereocenters. The van der Waals surface area contributed by atoms with Crippen molar-refractivity contribution >= 4 is 34.9 Å². The molecular formula is C33H31N3O10. The summed E-state index contributed by atoms with van der Waals surface area (Å²) in [5.41, 5.74) is 3.06. The molecule has 0 aliphatic rings. The average molecular weight is 630 g/mol. The van der Waals surface area contributed by atoms with E-state index in [4.69, 9.17) is 14.3 Å². The van der Waals surface area contributed by atoms with Crippen molar-refractivity contribution in [1.82, 2.24) is 0 Å². The van der Waals surface area contributed by atoms with E-state index in [1.807, 2.05) is 13.8 Å². The van der Waals surface area contributed by atoms with E-state index in [9.17, 15) is 34.7 Å². The Bertz CT molecular complexity index is 1720. The summed E-state index contributed by atoms with van der Waals surface area (Å²) in [6, 6.07) is 23.2. The maximum Gasteiger partial charge on any atom is 0.336 e. The molecule has 0 aliphatic heterocycles. The van der Waals surface area contributed by atoms with Crippen LogP contribution in [0.25, 0.3) is 0 Å². The number of nitrogens with one attached hydrogen (secondary N) is 2. The van der Waals surface area contributed by atoms with Gasteiger partial charge in [-0.15, -0.1) is 0 Å². The van der Waals surface area contributed by atoms with Gasteiger partial charge in [0.1, 0.15) is 18.1 Å². The summed E-state index contributed by atoms with van der Waals surface area (Å²) in [5, 5.41) is 32.2. The van der Waals surface area contributed by atoms with Crippen molar-refractivity contribution in [3.05, 3.63) is 123 Å². The predicted molar refractivity (Wildman–Crippen MR) is 167 cm³/mol. The van der Waals surface area contributed by atoms with Crippen molar-refractivity contribution in [1.29, 1.82) is 0 Å². The molecule has 0 saturated carbocycles. The Kier molecular flexibility index (Phi) is 10.5. The minimum atomic E-state index is -1.46. The number of amides is 1. The van der Waals surface area contributed by atoms with Gasteiger partial charge < -0.3 is 25.0 Å².